The Balaban J connectivity index is 2.22. The van der Waals surface area contributed by atoms with E-state index in [0.29, 0.717) is 6.04 Å². The molecule has 84 valence electrons. The molecule has 3 N–H and O–H groups in total. The Morgan fingerprint density at radius 1 is 1.57 bits per heavy atom. The molecule has 1 saturated heterocycles. The van der Waals surface area contributed by atoms with Crippen molar-refractivity contribution >= 4 is 0 Å². The van der Waals surface area contributed by atoms with E-state index in [2.05, 4.69) is 19.3 Å². The van der Waals surface area contributed by atoms with Gasteiger partial charge in [0.1, 0.15) is 0 Å². The summed E-state index contributed by atoms with van der Waals surface area (Å²) in [6, 6.07) is 0.469. The number of ether oxygens (including phenoxy) is 1. The van der Waals surface area contributed by atoms with Gasteiger partial charge in [0.25, 0.3) is 0 Å². The largest absolute Gasteiger partial charge is 0.381 e. The number of nitrogens with two attached hydrogens (primary N) is 1. The highest BCUT2D eigenvalue weighted by Crippen LogP contribution is 2.21. The Bertz CT molecular complexity index is 146. The van der Waals surface area contributed by atoms with Crippen molar-refractivity contribution in [2.75, 3.05) is 13.2 Å². The van der Waals surface area contributed by atoms with E-state index in [-0.39, 0.29) is 0 Å². The SMILES string of the molecule is CCC(C)CC(CC1CCOC1)NN. The zero-order valence-electron chi connectivity index (χ0n) is 9.46. The molecule has 0 bridgehead atoms. The molecular weight excluding hydrogens is 176 g/mol. The van der Waals surface area contributed by atoms with E-state index < -0.39 is 0 Å². The highest BCUT2D eigenvalue weighted by Gasteiger charge is 2.20. The topological polar surface area (TPSA) is 47.3 Å². The predicted octanol–water partition coefficient (Wildman–Crippen LogP) is 1.68. The number of nitrogens with one attached hydrogen (secondary N) is 1. The number of hydrazine groups is 1. The highest BCUT2D eigenvalue weighted by atomic mass is 16.5. The van der Waals surface area contributed by atoms with Crippen LogP contribution < -0.4 is 11.3 Å². The van der Waals surface area contributed by atoms with Crippen LogP contribution in [0.1, 0.15) is 39.5 Å². The van der Waals surface area contributed by atoms with Crippen molar-refractivity contribution in [3.8, 4) is 0 Å². The average molecular weight is 200 g/mol. The maximum Gasteiger partial charge on any atom is 0.0495 e. The zero-order valence-corrected chi connectivity index (χ0v) is 9.46. The van der Waals surface area contributed by atoms with Gasteiger partial charge in [0, 0.05) is 19.3 Å². The summed E-state index contributed by atoms with van der Waals surface area (Å²) in [7, 11) is 0. The highest BCUT2D eigenvalue weighted by molar-refractivity contribution is 4.74. The molecule has 1 aliphatic rings. The molecule has 3 atom stereocenters. The summed E-state index contributed by atoms with van der Waals surface area (Å²) < 4.78 is 5.37. The van der Waals surface area contributed by atoms with Crippen molar-refractivity contribution in [2.24, 2.45) is 17.7 Å². The minimum absolute atomic E-state index is 0.469. The normalized spacial score (nSPS) is 26.4. The molecule has 14 heavy (non-hydrogen) atoms. The average Bonchev–Trinajstić information content (AvgIpc) is 2.69. The number of hydrogen-bond acceptors (Lipinski definition) is 3. The monoisotopic (exact) mass is 200 g/mol. The second-order valence-corrected chi connectivity index (χ2v) is 4.58. The molecule has 0 aromatic carbocycles. The summed E-state index contributed by atoms with van der Waals surface area (Å²) in [6.07, 6.45) is 4.79. The molecule has 0 aliphatic carbocycles. The molecule has 0 radical (unpaired) electrons. The minimum atomic E-state index is 0.469. The first-order chi connectivity index (χ1) is 6.76. The molecule has 1 rings (SSSR count). The van der Waals surface area contributed by atoms with Gasteiger partial charge in [-0.15, -0.1) is 0 Å². The number of hydrogen-bond donors (Lipinski definition) is 2. The standard InChI is InChI=1S/C11H24N2O/c1-3-9(2)6-11(13-12)7-10-4-5-14-8-10/h9-11,13H,3-8,12H2,1-2H3. The van der Waals surface area contributed by atoms with Crippen molar-refractivity contribution in [1.29, 1.82) is 0 Å². The third-order valence-corrected chi connectivity index (χ3v) is 3.26. The van der Waals surface area contributed by atoms with Crippen molar-refractivity contribution in [1.82, 2.24) is 5.43 Å². The fourth-order valence-corrected chi connectivity index (χ4v) is 2.06. The Kier molecular flexibility index (Phi) is 5.45. The van der Waals surface area contributed by atoms with Gasteiger partial charge in [-0.2, -0.15) is 0 Å². The third-order valence-electron chi connectivity index (χ3n) is 3.26. The van der Waals surface area contributed by atoms with Crippen LogP contribution >= 0.6 is 0 Å². The lowest BCUT2D eigenvalue weighted by atomic mass is 9.92. The second kappa shape index (κ2) is 6.38. The van der Waals surface area contributed by atoms with Crippen molar-refractivity contribution in [3.05, 3.63) is 0 Å². The fourth-order valence-electron chi connectivity index (χ4n) is 2.06. The summed E-state index contributed by atoms with van der Waals surface area (Å²) in [4.78, 5) is 0. The molecule has 1 aliphatic heterocycles. The van der Waals surface area contributed by atoms with Crippen LogP contribution in [0.2, 0.25) is 0 Å². The van der Waals surface area contributed by atoms with E-state index in [1.165, 1.54) is 25.7 Å². The molecule has 1 heterocycles. The first-order valence-electron chi connectivity index (χ1n) is 5.80. The molecule has 0 aromatic rings. The molecule has 1 fully saturated rings. The van der Waals surface area contributed by atoms with E-state index in [4.69, 9.17) is 10.6 Å². The van der Waals surface area contributed by atoms with Crippen LogP contribution in [-0.4, -0.2) is 19.3 Å². The molecule has 0 spiro atoms. The number of rotatable bonds is 6. The van der Waals surface area contributed by atoms with E-state index in [1.54, 1.807) is 0 Å². The molecule has 3 unspecified atom stereocenters. The summed E-state index contributed by atoms with van der Waals surface area (Å²) in [5.41, 5.74) is 2.94. The summed E-state index contributed by atoms with van der Waals surface area (Å²) in [6.45, 7) is 6.39. The molecule has 0 saturated carbocycles. The maximum atomic E-state index is 5.56. The Morgan fingerprint density at radius 2 is 2.36 bits per heavy atom. The van der Waals surface area contributed by atoms with Crippen molar-refractivity contribution in [3.63, 3.8) is 0 Å². The van der Waals surface area contributed by atoms with Gasteiger partial charge in [0.2, 0.25) is 0 Å². The van der Waals surface area contributed by atoms with E-state index in [9.17, 15) is 0 Å². The fraction of sp³-hybridized carbons (Fsp3) is 1.00. The minimum Gasteiger partial charge on any atom is -0.381 e. The van der Waals surface area contributed by atoms with Gasteiger partial charge in [-0.3, -0.25) is 11.3 Å². The lowest BCUT2D eigenvalue weighted by Gasteiger charge is -2.21. The molecule has 3 nitrogen and oxygen atoms in total. The van der Waals surface area contributed by atoms with Crippen LogP contribution in [0.25, 0.3) is 0 Å². The third kappa shape index (κ3) is 3.95. The summed E-state index contributed by atoms with van der Waals surface area (Å²) >= 11 is 0. The quantitative estimate of drug-likeness (QED) is 0.506. The van der Waals surface area contributed by atoms with Crippen LogP contribution in [0.5, 0.6) is 0 Å². The van der Waals surface area contributed by atoms with E-state index in [0.717, 1.165) is 25.0 Å². The first kappa shape index (κ1) is 12.0. The van der Waals surface area contributed by atoms with Gasteiger partial charge in [-0.25, -0.2) is 0 Å². The lowest BCUT2D eigenvalue weighted by Crippen LogP contribution is -2.37. The van der Waals surface area contributed by atoms with E-state index >= 15 is 0 Å². The van der Waals surface area contributed by atoms with Crippen LogP contribution in [0.3, 0.4) is 0 Å². The van der Waals surface area contributed by atoms with Crippen LogP contribution in [0, 0.1) is 11.8 Å². The lowest BCUT2D eigenvalue weighted by molar-refractivity contribution is 0.180. The van der Waals surface area contributed by atoms with Crippen molar-refractivity contribution in [2.45, 2.75) is 45.6 Å². The van der Waals surface area contributed by atoms with Crippen LogP contribution in [0.15, 0.2) is 0 Å². The Morgan fingerprint density at radius 3 is 2.86 bits per heavy atom. The summed E-state index contributed by atoms with van der Waals surface area (Å²) in [5.74, 6) is 7.05. The zero-order chi connectivity index (χ0) is 10.4. The van der Waals surface area contributed by atoms with Gasteiger partial charge < -0.3 is 4.74 Å². The van der Waals surface area contributed by atoms with Gasteiger partial charge >= 0.3 is 0 Å². The van der Waals surface area contributed by atoms with Crippen molar-refractivity contribution < 1.29 is 4.74 Å². The predicted molar refractivity (Wildman–Crippen MR) is 58.7 cm³/mol. The maximum absolute atomic E-state index is 5.56. The van der Waals surface area contributed by atoms with E-state index in [1.807, 2.05) is 0 Å². The Hall–Kier alpha value is -0.120. The second-order valence-electron chi connectivity index (χ2n) is 4.58. The smallest absolute Gasteiger partial charge is 0.0495 e. The molecule has 0 amide bonds. The summed E-state index contributed by atoms with van der Waals surface area (Å²) in [5, 5.41) is 0. The molecule has 3 heteroatoms. The molecule has 0 aromatic heterocycles. The van der Waals surface area contributed by atoms with Crippen LogP contribution in [0.4, 0.5) is 0 Å². The van der Waals surface area contributed by atoms with Gasteiger partial charge in [-0.05, 0) is 31.1 Å². The van der Waals surface area contributed by atoms with Crippen LogP contribution in [-0.2, 0) is 4.74 Å². The van der Waals surface area contributed by atoms with Gasteiger partial charge in [0.15, 0.2) is 0 Å². The first-order valence-corrected chi connectivity index (χ1v) is 5.80. The van der Waals surface area contributed by atoms with Gasteiger partial charge in [0.05, 0.1) is 0 Å². The van der Waals surface area contributed by atoms with Gasteiger partial charge in [-0.1, -0.05) is 20.3 Å². The molecular formula is C11H24N2O. The Labute approximate surface area is 87.4 Å².